The van der Waals surface area contributed by atoms with Gasteiger partial charge in [-0.2, -0.15) is 0 Å². The lowest BCUT2D eigenvalue weighted by atomic mass is 10.0. The highest BCUT2D eigenvalue weighted by atomic mass is 16.3. The van der Waals surface area contributed by atoms with Gasteiger partial charge in [-0.3, -0.25) is 0 Å². The highest BCUT2D eigenvalue weighted by Gasteiger charge is 2.20. The molecular weight excluding hydrogens is 124 g/mol. The first-order chi connectivity index (χ1) is 4.83. The molecule has 0 N–H and O–H groups in total. The van der Waals surface area contributed by atoms with Crippen LogP contribution in [0.2, 0.25) is 0 Å². The van der Waals surface area contributed by atoms with Crippen molar-refractivity contribution >= 4 is 0 Å². The second-order valence-electron chi connectivity index (χ2n) is 3.65. The molecule has 0 aliphatic heterocycles. The molecule has 59 valence electrons. The van der Waals surface area contributed by atoms with Crippen molar-refractivity contribution < 1.29 is 5.11 Å². The first-order valence-corrected chi connectivity index (χ1v) is 4.41. The minimum atomic E-state index is 0.116. The van der Waals surface area contributed by atoms with Crippen LogP contribution in [0.4, 0.5) is 0 Å². The van der Waals surface area contributed by atoms with Crippen LogP contribution in [-0.4, -0.2) is 6.61 Å². The van der Waals surface area contributed by atoms with Gasteiger partial charge in [-0.25, -0.2) is 5.11 Å². The van der Waals surface area contributed by atoms with Gasteiger partial charge in [-0.15, -0.1) is 0 Å². The van der Waals surface area contributed by atoms with Crippen LogP contribution in [0, 0.1) is 11.8 Å². The summed E-state index contributed by atoms with van der Waals surface area (Å²) in [6.45, 7) is 2.17. The molecule has 1 aliphatic carbocycles. The molecule has 0 saturated heterocycles. The Hall–Kier alpha value is -0.0400. The van der Waals surface area contributed by atoms with Crippen molar-refractivity contribution in [2.45, 2.75) is 39.0 Å². The van der Waals surface area contributed by atoms with Crippen LogP contribution in [-0.2, 0) is 5.11 Å². The van der Waals surface area contributed by atoms with E-state index in [9.17, 15) is 5.11 Å². The molecule has 0 aromatic rings. The third-order valence-corrected chi connectivity index (χ3v) is 2.29. The molecule has 0 aromatic carbocycles. The predicted octanol–water partition coefficient (Wildman–Crippen LogP) is 2.63. The Morgan fingerprint density at radius 1 is 1.50 bits per heavy atom. The molecule has 0 spiro atoms. The van der Waals surface area contributed by atoms with Gasteiger partial charge in [0.25, 0.3) is 0 Å². The Kier molecular flexibility index (Phi) is 3.20. The van der Waals surface area contributed by atoms with Crippen molar-refractivity contribution in [1.29, 1.82) is 0 Å². The summed E-state index contributed by atoms with van der Waals surface area (Å²) in [4.78, 5) is 0. The zero-order valence-corrected chi connectivity index (χ0v) is 6.81. The fourth-order valence-corrected chi connectivity index (χ4v) is 1.24. The molecule has 1 nitrogen and oxygen atoms in total. The summed E-state index contributed by atoms with van der Waals surface area (Å²) in [6.07, 6.45) is 6.72. The van der Waals surface area contributed by atoms with Crippen molar-refractivity contribution in [3.05, 3.63) is 0 Å². The lowest BCUT2D eigenvalue weighted by Gasteiger charge is -2.04. The van der Waals surface area contributed by atoms with Gasteiger partial charge in [0, 0.05) is 0 Å². The average molecular weight is 141 g/mol. The molecule has 0 bridgehead atoms. The van der Waals surface area contributed by atoms with Gasteiger partial charge in [-0.05, 0) is 18.3 Å². The van der Waals surface area contributed by atoms with Gasteiger partial charge in [0.05, 0.1) is 6.61 Å². The minimum absolute atomic E-state index is 0.116. The van der Waals surface area contributed by atoms with Crippen molar-refractivity contribution in [3.63, 3.8) is 0 Å². The van der Waals surface area contributed by atoms with Gasteiger partial charge < -0.3 is 0 Å². The molecule has 0 aromatic heterocycles. The molecule has 1 saturated carbocycles. The third kappa shape index (κ3) is 3.21. The standard InChI is InChI=1S/C9H17O/c1-8(7-10)3-2-4-9-5-6-9/h8-9H,2-7H2,1H3. The molecule has 1 radical (unpaired) electrons. The second-order valence-corrected chi connectivity index (χ2v) is 3.65. The maximum atomic E-state index is 10.3. The van der Waals surface area contributed by atoms with E-state index < -0.39 is 0 Å². The first kappa shape index (κ1) is 8.06. The van der Waals surface area contributed by atoms with Crippen molar-refractivity contribution in [1.82, 2.24) is 0 Å². The van der Waals surface area contributed by atoms with E-state index >= 15 is 0 Å². The topological polar surface area (TPSA) is 19.9 Å². The number of hydrogen-bond donors (Lipinski definition) is 0. The number of hydrogen-bond acceptors (Lipinski definition) is 0. The summed E-state index contributed by atoms with van der Waals surface area (Å²) in [5.74, 6) is 1.46. The van der Waals surface area contributed by atoms with Crippen LogP contribution in [0.1, 0.15) is 39.0 Å². The second kappa shape index (κ2) is 3.97. The summed E-state index contributed by atoms with van der Waals surface area (Å²) in [5.41, 5.74) is 0. The molecule has 1 unspecified atom stereocenters. The molecule has 10 heavy (non-hydrogen) atoms. The van der Waals surface area contributed by atoms with Crippen LogP contribution in [0.5, 0.6) is 0 Å². The van der Waals surface area contributed by atoms with Crippen molar-refractivity contribution in [2.24, 2.45) is 11.8 Å². The molecule has 0 amide bonds. The quantitative estimate of drug-likeness (QED) is 0.561. The molecule has 1 fully saturated rings. The zero-order chi connectivity index (χ0) is 7.40. The Morgan fingerprint density at radius 3 is 2.70 bits per heavy atom. The van der Waals surface area contributed by atoms with Crippen molar-refractivity contribution in [3.8, 4) is 0 Å². The Morgan fingerprint density at radius 2 is 2.20 bits per heavy atom. The minimum Gasteiger partial charge on any atom is -0.236 e. The Labute approximate surface area is 63.4 Å². The fourth-order valence-electron chi connectivity index (χ4n) is 1.24. The lowest BCUT2D eigenvalue weighted by molar-refractivity contribution is 0.145. The van der Waals surface area contributed by atoms with Crippen LogP contribution in [0.25, 0.3) is 0 Å². The Bertz CT molecular complexity index is 86.7. The molecule has 0 heterocycles. The summed E-state index contributed by atoms with van der Waals surface area (Å²) < 4.78 is 0. The monoisotopic (exact) mass is 141 g/mol. The predicted molar refractivity (Wildman–Crippen MR) is 41.3 cm³/mol. The fraction of sp³-hybridized carbons (Fsp3) is 1.00. The summed E-state index contributed by atoms with van der Waals surface area (Å²) in [6, 6.07) is 0. The molecule has 1 aliphatic rings. The van der Waals surface area contributed by atoms with E-state index in [2.05, 4.69) is 6.92 Å². The highest BCUT2D eigenvalue weighted by molar-refractivity contribution is 4.72. The largest absolute Gasteiger partial charge is 0.236 e. The van der Waals surface area contributed by atoms with Crippen molar-refractivity contribution in [2.75, 3.05) is 6.61 Å². The van der Waals surface area contributed by atoms with E-state index in [1.807, 2.05) is 0 Å². The van der Waals surface area contributed by atoms with Gasteiger partial charge in [0.15, 0.2) is 0 Å². The van der Waals surface area contributed by atoms with E-state index in [1.165, 1.54) is 25.7 Å². The van der Waals surface area contributed by atoms with Crippen LogP contribution in [0.15, 0.2) is 0 Å². The van der Waals surface area contributed by atoms with E-state index in [1.54, 1.807) is 0 Å². The van der Waals surface area contributed by atoms with E-state index in [0.717, 1.165) is 12.3 Å². The lowest BCUT2D eigenvalue weighted by Crippen LogP contribution is -1.98. The zero-order valence-electron chi connectivity index (χ0n) is 6.81. The maximum Gasteiger partial charge on any atom is 0.0847 e. The average Bonchev–Trinajstić information content (AvgIpc) is 2.71. The van der Waals surface area contributed by atoms with Crippen LogP contribution < -0.4 is 0 Å². The summed E-state index contributed by atoms with van der Waals surface area (Å²) in [7, 11) is 0. The smallest absolute Gasteiger partial charge is 0.0847 e. The molecular formula is C9H17O. The van der Waals surface area contributed by atoms with Gasteiger partial charge in [-0.1, -0.05) is 32.6 Å². The van der Waals surface area contributed by atoms with E-state index in [0.29, 0.717) is 5.92 Å². The van der Waals surface area contributed by atoms with Crippen LogP contribution in [0.3, 0.4) is 0 Å². The Balaban J connectivity index is 1.83. The van der Waals surface area contributed by atoms with Crippen LogP contribution >= 0.6 is 0 Å². The maximum absolute atomic E-state index is 10.3. The van der Waals surface area contributed by atoms with Gasteiger partial charge in [0.1, 0.15) is 0 Å². The van der Waals surface area contributed by atoms with Gasteiger partial charge in [0.2, 0.25) is 0 Å². The van der Waals surface area contributed by atoms with E-state index in [-0.39, 0.29) is 6.61 Å². The van der Waals surface area contributed by atoms with E-state index in [4.69, 9.17) is 0 Å². The normalized spacial score (nSPS) is 21.0. The number of rotatable bonds is 5. The first-order valence-electron chi connectivity index (χ1n) is 4.41. The summed E-state index contributed by atoms with van der Waals surface area (Å²) in [5, 5.41) is 10.3. The highest BCUT2D eigenvalue weighted by Crippen LogP contribution is 2.34. The SMILES string of the molecule is CC(C[O])CCCC1CC1. The molecule has 1 atom stereocenters. The molecule has 1 rings (SSSR count). The third-order valence-electron chi connectivity index (χ3n) is 2.29. The van der Waals surface area contributed by atoms with Gasteiger partial charge >= 0.3 is 0 Å². The molecule has 1 heteroatoms. The summed E-state index contributed by atoms with van der Waals surface area (Å²) >= 11 is 0.